The highest BCUT2D eigenvalue weighted by molar-refractivity contribution is 7.47. The Hall–Kier alpha value is -0.285. The first-order chi connectivity index (χ1) is 4.79. The van der Waals surface area contributed by atoms with E-state index >= 15 is 0 Å². The van der Waals surface area contributed by atoms with Gasteiger partial charge in [0, 0.05) is 8.41 Å². The predicted octanol–water partition coefficient (Wildman–Crippen LogP) is 2.02. The summed E-state index contributed by atoms with van der Waals surface area (Å²) in [4.78, 5) is 0. The van der Waals surface area contributed by atoms with Crippen LogP contribution in [0.25, 0.3) is 0 Å². The summed E-state index contributed by atoms with van der Waals surface area (Å²) in [7, 11) is 0.961. The molecule has 0 aliphatic heterocycles. The Morgan fingerprint density at radius 3 is 2.09 bits per heavy atom. The zero-order chi connectivity index (χ0) is 7.40. The molecule has 0 saturated heterocycles. The van der Waals surface area contributed by atoms with Gasteiger partial charge in [-0.2, -0.15) is 0 Å². The Kier molecular flexibility index (Phi) is 5.24. The van der Waals surface area contributed by atoms with Crippen molar-refractivity contribution in [2.45, 2.75) is 19.5 Å². The third-order valence-electron chi connectivity index (χ3n) is 1.23. The minimum Gasteiger partial charge on any atom is -0.0878 e. The van der Waals surface area contributed by atoms with Crippen LogP contribution in [0.5, 0.6) is 0 Å². The van der Waals surface area contributed by atoms with E-state index < -0.39 is 0 Å². The highest BCUT2D eigenvalue weighted by atomic mass is 31.1. The van der Waals surface area contributed by atoms with Crippen LogP contribution in [0.2, 0.25) is 0 Å². The van der Waals surface area contributed by atoms with Crippen LogP contribution in [0.1, 0.15) is 13.8 Å². The summed E-state index contributed by atoms with van der Waals surface area (Å²) in [5.41, 5.74) is 0.794. The van der Waals surface area contributed by atoms with Gasteiger partial charge in [-0.1, -0.05) is 52.8 Å². The molecule has 1 rings (SSSR count). The van der Waals surface area contributed by atoms with E-state index in [9.17, 15) is 0 Å². The molecule has 0 fully saturated rings. The van der Waals surface area contributed by atoms with Gasteiger partial charge < -0.3 is 0 Å². The third kappa shape index (κ3) is 4.21. The Balaban J connectivity index is 0.000001000. The van der Waals surface area contributed by atoms with Crippen LogP contribution < -0.4 is 5.30 Å². The summed E-state index contributed by atoms with van der Waals surface area (Å²) in [6.45, 7) is 4.51. The van der Waals surface area contributed by atoms with Gasteiger partial charge in [-0.25, -0.2) is 0 Å². The van der Waals surface area contributed by atoms with E-state index in [1.165, 1.54) is 5.30 Å². The first kappa shape index (κ1) is 10.7. The molecule has 11 heavy (non-hydrogen) atoms. The highest BCUT2D eigenvalue weighted by Gasteiger charge is 1.93. The highest BCUT2D eigenvalue weighted by Crippen LogP contribution is 2.16. The van der Waals surface area contributed by atoms with Gasteiger partial charge in [-0.15, -0.1) is 0 Å². The van der Waals surface area contributed by atoms with Crippen LogP contribution in [-0.4, -0.2) is 14.1 Å². The van der Waals surface area contributed by atoms with Crippen molar-refractivity contribution in [1.29, 1.82) is 0 Å². The molecule has 0 amide bonds. The van der Waals surface area contributed by atoms with Gasteiger partial charge in [-0.3, -0.25) is 0 Å². The fraction of sp³-hybridized carbons (Fsp3) is 0.333. The number of rotatable bonds is 2. The van der Waals surface area contributed by atoms with Crippen LogP contribution in [0, 0.1) is 0 Å². The Morgan fingerprint density at radius 2 is 1.64 bits per heavy atom. The normalized spacial score (nSPS) is 10.5. The maximum Gasteiger partial charge on any atom is 0 e. The number of hydrogen-bond donors (Lipinski definition) is 0. The van der Waals surface area contributed by atoms with Gasteiger partial charge >= 0.3 is 0 Å². The zero-order valence-electron chi connectivity index (χ0n) is 7.04. The third-order valence-corrected chi connectivity index (χ3v) is 2.47. The molecule has 1 atom stereocenters. The van der Waals surface area contributed by atoms with Gasteiger partial charge in [0.25, 0.3) is 0 Å². The van der Waals surface area contributed by atoms with Gasteiger partial charge in [0.05, 0.1) is 0 Å². The van der Waals surface area contributed by atoms with Crippen LogP contribution in [0.3, 0.4) is 0 Å². The van der Waals surface area contributed by atoms with E-state index in [-0.39, 0.29) is 8.41 Å². The van der Waals surface area contributed by atoms with Crippen molar-refractivity contribution in [3.63, 3.8) is 0 Å². The van der Waals surface area contributed by atoms with Crippen molar-refractivity contribution in [3.8, 4) is 0 Å². The first-order valence-electron chi connectivity index (χ1n) is 3.60. The number of hydrogen-bond acceptors (Lipinski definition) is 0. The smallest absolute Gasteiger partial charge is 0 e. The minimum absolute atomic E-state index is 0. The van der Waals surface area contributed by atoms with Gasteiger partial charge in [0.2, 0.25) is 0 Å². The average molecular weight is 163 g/mol. The molecule has 0 aromatic heterocycles. The van der Waals surface area contributed by atoms with E-state index in [1.54, 1.807) is 0 Å². The second-order valence-electron chi connectivity index (χ2n) is 2.67. The standard InChI is InChI=1S/C9H13P.B/c1-8(2)10-9-6-4-3-5-7-9;/h3-8,10H,1-2H3;. The van der Waals surface area contributed by atoms with E-state index in [0.29, 0.717) is 0 Å². The lowest BCUT2D eigenvalue weighted by atomic mass is 10.4. The van der Waals surface area contributed by atoms with Gasteiger partial charge in [0.15, 0.2) is 0 Å². The molecule has 0 aliphatic rings. The second kappa shape index (κ2) is 5.38. The lowest BCUT2D eigenvalue weighted by Crippen LogP contribution is -1.96. The maximum atomic E-state index is 2.26. The summed E-state index contributed by atoms with van der Waals surface area (Å²) < 4.78 is 0. The minimum atomic E-state index is 0. The fourth-order valence-corrected chi connectivity index (χ4v) is 1.92. The van der Waals surface area contributed by atoms with Crippen molar-refractivity contribution >= 4 is 22.3 Å². The van der Waals surface area contributed by atoms with Gasteiger partial charge in [-0.05, 0) is 11.0 Å². The lowest BCUT2D eigenvalue weighted by molar-refractivity contribution is 1.11. The molecule has 1 aromatic carbocycles. The molecule has 1 aromatic rings. The summed E-state index contributed by atoms with van der Waals surface area (Å²) in [5, 5.41) is 1.47. The molecule has 0 aliphatic carbocycles. The lowest BCUT2D eigenvalue weighted by Gasteiger charge is -2.03. The summed E-state index contributed by atoms with van der Waals surface area (Å²) in [5.74, 6) is 0. The van der Waals surface area contributed by atoms with Crippen LogP contribution in [0.4, 0.5) is 0 Å². The molecule has 0 spiro atoms. The molecule has 57 valence electrons. The monoisotopic (exact) mass is 163 g/mol. The maximum absolute atomic E-state index is 2.26. The molecule has 0 bridgehead atoms. The molecular weight excluding hydrogens is 150 g/mol. The van der Waals surface area contributed by atoms with E-state index in [0.717, 1.165) is 14.2 Å². The molecule has 3 radical (unpaired) electrons. The predicted molar refractivity (Wildman–Crippen MR) is 55.3 cm³/mol. The first-order valence-corrected chi connectivity index (χ1v) is 4.68. The van der Waals surface area contributed by atoms with Crippen molar-refractivity contribution in [2.75, 3.05) is 0 Å². The average Bonchev–Trinajstić information content (AvgIpc) is 1.88. The fourth-order valence-electron chi connectivity index (χ4n) is 0.868. The largest absolute Gasteiger partial charge is 0.0878 e. The van der Waals surface area contributed by atoms with Crippen LogP contribution >= 0.6 is 8.58 Å². The molecule has 0 saturated carbocycles. The summed E-state index contributed by atoms with van der Waals surface area (Å²) >= 11 is 0. The molecule has 1 unspecified atom stereocenters. The van der Waals surface area contributed by atoms with E-state index in [1.807, 2.05) is 0 Å². The van der Waals surface area contributed by atoms with Crippen LogP contribution in [-0.2, 0) is 0 Å². The van der Waals surface area contributed by atoms with Crippen molar-refractivity contribution in [3.05, 3.63) is 30.3 Å². The van der Waals surface area contributed by atoms with E-state index in [2.05, 4.69) is 44.2 Å². The molecule has 0 N–H and O–H groups in total. The zero-order valence-corrected chi connectivity index (χ0v) is 8.04. The molecule has 0 heterocycles. The van der Waals surface area contributed by atoms with Crippen LogP contribution in [0.15, 0.2) is 30.3 Å². The molecule has 0 nitrogen and oxygen atoms in total. The topological polar surface area (TPSA) is 0 Å². The Morgan fingerprint density at radius 1 is 1.09 bits per heavy atom. The van der Waals surface area contributed by atoms with Crippen molar-refractivity contribution in [1.82, 2.24) is 0 Å². The molecule has 2 heteroatoms. The second-order valence-corrected chi connectivity index (χ2v) is 4.69. The van der Waals surface area contributed by atoms with Crippen molar-refractivity contribution < 1.29 is 0 Å². The van der Waals surface area contributed by atoms with E-state index in [4.69, 9.17) is 0 Å². The Bertz CT molecular complexity index is 184. The van der Waals surface area contributed by atoms with Crippen molar-refractivity contribution in [2.24, 2.45) is 0 Å². The SMILES string of the molecule is CC(C)Pc1ccccc1.[B]. The Labute approximate surface area is 72.8 Å². The summed E-state index contributed by atoms with van der Waals surface area (Å²) in [6, 6.07) is 10.7. The number of benzene rings is 1. The quantitative estimate of drug-likeness (QED) is 0.462. The summed E-state index contributed by atoms with van der Waals surface area (Å²) in [6.07, 6.45) is 0. The van der Waals surface area contributed by atoms with Gasteiger partial charge in [0.1, 0.15) is 0 Å². The molecular formula is C9H13BP.